The summed E-state index contributed by atoms with van der Waals surface area (Å²) in [4.78, 5) is 18.4. The van der Waals surface area contributed by atoms with E-state index in [9.17, 15) is 10.1 Å². The summed E-state index contributed by atoms with van der Waals surface area (Å²) in [5, 5.41) is 16.8. The van der Waals surface area contributed by atoms with Gasteiger partial charge in [0, 0.05) is 26.8 Å². The molecule has 0 aromatic carbocycles. The van der Waals surface area contributed by atoms with E-state index in [-0.39, 0.29) is 11.5 Å². The monoisotopic (exact) mass is 283 g/mol. The Labute approximate surface area is 118 Å². The molecule has 0 amide bonds. The Hall–Kier alpha value is -1.96. The first-order valence-electron chi connectivity index (χ1n) is 6.67. The maximum absolute atomic E-state index is 10.9. The van der Waals surface area contributed by atoms with Crippen LogP contribution < -0.4 is 10.6 Å². The lowest BCUT2D eigenvalue weighted by Gasteiger charge is -2.08. The zero-order valence-corrected chi connectivity index (χ0v) is 11.9. The molecule has 20 heavy (non-hydrogen) atoms. The second-order valence-electron chi connectivity index (χ2n) is 4.20. The number of methoxy groups -OCH3 is 1. The van der Waals surface area contributed by atoms with E-state index in [0.717, 1.165) is 25.9 Å². The number of hydrogen-bond donors (Lipinski definition) is 2. The van der Waals surface area contributed by atoms with Gasteiger partial charge < -0.3 is 15.4 Å². The third kappa shape index (κ3) is 5.35. The molecule has 8 nitrogen and oxygen atoms in total. The van der Waals surface area contributed by atoms with Crippen molar-refractivity contribution in [2.45, 2.75) is 26.2 Å². The topological polar surface area (TPSA) is 102 Å². The molecule has 0 bridgehead atoms. The molecular formula is C12H21N5O3. The summed E-state index contributed by atoms with van der Waals surface area (Å²) < 4.78 is 4.96. The molecular weight excluding hydrogens is 262 g/mol. The maximum Gasteiger partial charge on any atom is 0.329 e. The van der Waals surface area contributed by atoms with E-state index in [1.807, 2.05) is 6.92 Å². The number of ether oxygens (including phenoxy) is 1. The van der Waals surface area contributed by atoms with E-state index in [4.69, 9.17) is 4.74 Å². The minimum Gasteiger partial charge on any atom is -0.385 e. The molecule has 8 heteroatoms. The molecule has 0 fully saturated rings. The zero-order chi connectivity index (χ0) is 14.8. The standard InChI is InChI=1S/C12H21N5O3/c1-3-13-12-15-9-10(17(18)19)11(16-12)14-7-5-4-6-8-20-2/h9H,3-8H2,1-2H3,(H2,13,14,15,16). The first kappa shape index (κ1) is 16.1. The van der Waals surface area contributed by atoms with Crippen LogP contribution >= 0.6 is 0 Å². The summed E-state index contributed by atoms with van der Waals surface area (Å²) in [6, 6.07) is 0. The lowest BCUT2D eigenvalue weighted by molar-refractivity contribution is -0.384. The average molecular weight is 283 g/mol. The summed E-state index contributed by atoms with van der Waals surface area (Å²) in [6.07, 6.45) is 4.10. The summed E-state index contributed by atoms with van der Waals surface area (Å²) in [7, 11) is 1.67. The fourth-order valence-electron chi connectivity index (χ4n) is 1.64. The van der Waals surface area contributed by atoms with Crippen molar-refractivity contribution in [2.24, 2.45) is 0 Å². The van der Waals surface area contributed by atoms with Crippen molar-refractivity contribution in [1.82, 2.24) is 9.97 Å². The fourth-order valence-corrected chi connectivity index (χ4v) is 1.64. The number of aromatic nitrogens is 2. The number of unbranched alkanes of at least 4 members (excludes halogenated alkanes) is 2. The molecule has 0 radical (unpaired) electrons. The average Bonchev–Trinajstić information content (AvgIpc) is 2.43. The molecule has 112 valence electrons. The Morgan fingerprint density at radius 3 is 2.80 bits per heavy atom. The van der Waals surface area contributed by atoms with Crippen molar-refractivity contribution in [3.63, 3.8) is 0 Å². The van der Waals surface area contributed by atoms with Gasteiger partial charge in [0.2, 0.25) is 11.8 Å². The predicted octanol–water partition coefficient (Wildman–Crippen LogP) is 2.05. The first-order valence-corrected chi connectivity index (χ1v) is 6.67. The van der Waals surface area contributed by atoms with Crippen LogP contribution in [0.3, 0.4) is 0 Å². The summed E-state index contributed by atoms with van der Waals surface area (Å²) >= 11 is 0. The van der Waals surface area contributed by atoms with Crippen LogP contribution in [0.4, 0.5) is 17.5 Å². The number of rotatable bonds is 10. The highest BCUT2D eigenvalue weighted by atomic mass is 16.6. The molecule has 0 saturated heterocycles. The Balaban J connectivity index is 2.56. The third-order valence-electron chi connectivity index (χ3n) is 2.62. The van der Waals surface area contributed by atoms with E-state index in [1.54, 1.807) is 7.11 Å². The van der Waals surface area contributed by atoms with Gasteiger partial charge in [-0.05, 0) is 26.2 Å². The molecule has 0 spiro atoms. The van der Waals surface area contributed by atoms with Gasteiger partial charge in [0.1, 0.15) is 6.20 Å². The second kappa shape index (κ2) is 9.03. The SMILES string of the molecule is CCNc1ncc([N+](=O)[O-])c(NCCCCCOC)n1. The van der Waals surface area contributed by atoms with Gasteiger partial charge in [-0.25, -0.2) is 4.98 Å². The quantitative estimate of drug-likeness (QED) is 0.385. The molecule has 0 aliphatic heterocycles. The lowest BCUT2D eigenvalue weighted by atomic mass is 10.2. The molecule has 0 saturated carbocycles. The van der Waals surface area contributed by atoms with Crippen molar-refractivity contribution in [3.05, 3.63) is 16.3 Å². The van der Waals surface area contributed by atoms with Gasteiger partial charge in [0.15, 0.2) is 0 Å². The van der Waals surface area contributed by atoms with E-state index in [1.165, 1.54) is 6.20 Å². The Kier molecular flexibility index (Phi) is 7.26. The molecule has 0 aliphatic rings. The van der Waals surface area contributed by atoms with Crippen molar-refractivity contribution in [1.29, 1.82) is 0 Å². The van der Waals surface area contributed by atoms with Crippen LogP contribution in [0.2, 0.25) is 0 Å². The number of nitrogens with zero attached hydrogens (tertiary/aromatic N) is 3. The first-order chi connectivity index (χ1) is 9.69. The van der Waals surface area contributed by atoms with Crippen LogP contribution in [0.25, 0.3) is 0 Å². The minimum atomic E-state index is -0.483. The van der Waals surface area contributed by atoms with Gasteiger partial charge in [0.05, 0.1) is 4.92 Å². The van der Waals surface area contributed by atoms with Gasteiger partial charge >= 0.3 is 5.69 Å². The maximum atomic E-state index is 10.9. The Bertz CT molecular complexity index is 428. The van der Waals surface area contributed by atoms with Crippen LogP contribution in [0.15, 0.2) is 6.20 Å². The van der Waals surface area contributed by atoms with Gasteiger partial charge in [-0.15, -0.1) is 0 Å². The van der Waals surface area contributed by atoms with Crippen LogP contribution in [0.1, 0.15) is 26.2 Å². The van der Waals surface area contributed by atoms with Gasteiger partial charge in [-0.1, -0.05) is 0 Å². The van der Waals surface area contributed by atoms with Crippen molar-refractivity contribution in [2.75, 3.05) is 37.4 Å². The summed E-state index contributed by atoms with van der Waals surface area (Å²) in [5.74, 6) is 0.646. The molecule has 0 aliphatic carbocycles. The largest absolute Gasteiger partial charge is 0.385 e. The number of anilines is 2. The zero-order valence-electron chi connectivity index (χ0n) is 11.9. The summed E-state index contributed by atoms with van der Waals surface area (Å²) in [6.45, 7) is 3.94. The smallest absolute Gasteiger partial charge is 0.329 e. The van der Waals surface area contributed by atoms with Crippen LogP contribution in [-0.2, 0) is 4.74 Å². The van der Waals surface area contributed by atoms with E-state index in [2.05, 4.69) is 20.6 Å². The third-order valence-corrected chi connectivity index (χ3v) is 2.62. The minimum absolute atomic E-state index is 0.108. The highest BCUT2D eigenvalue weighted by molar-refractivity contribution is 5.56. The van der Waals surface area contributed by atoms with Gasteiger partial charge in [-0.3, -0.25) is 10.1 Å². The van der Waals surface area contributed by atoms with E-state index in [0.29, 0.717) is 19.0 Å². The Morgan fingerprint density at radius 1 is 1.35 bits per heavy atom. The van der Waals surface area contributed by atoms with Crippen LogP contribution in [0.5, 0.6) is 0 Å². The number of hydrogen-bond acceptors (Lipinski definition) is 7. The molecule has 1 heterocycles. The van der Waals surface area contributed by atoms with Gasteiger partial charge in [-0.2, -0.15) is 4.98 Å². The second-order valence-corrected chi connectivity index (χ2v) is 4.20. The van der Waals surface area contributed by atoms with Crippen molar-refractivity contribution >= 4 is 17.5 Å². The van der Waals surface area contributed by atoms with Gasteiger partial charge in [0.25, 0.3) is 0 Å². The fraction of sp³-hybridized carbons (Fsp3) is 0.667. The molecule has 2 N–H and O–H groups in total. The molecule has 0 atom stereocenters. The van der Waals surface area contributed by atoms with E-state index >= 15 is 0 Å². The highest BCUT2D eigenvalue weighted by Crippen LogP contribution is 2.21. The number of nitrogens with one attached hydrogen (secondary N) is 2. The van der Waals surface area contributed by atoms with E-state index < -0.39 is 4.92 Å². The van der Waals surface area contributed by atoms with Crippen molar-refractivity contribution in [3.8, 4) is 0 Å². The normalized spacial score (nSPS) is 10.3. The lowest BCUT2D eigenvalue weighted by Crippen LogP contribution is -2.10. The Morgan fingerprint density at radius 2 is 2.15 bits per heavy atom. The molecule has 1 rings (SSSR count). The van der Waals surface area contributed by atoms with Crippen molar-refractivity contribution < 1.29 is 9.66 Å². The van der Waals surface area contributed by atoms with Crippen LogP contribution in [-0.4, -0.2) is 41.7 Å². The van der Waals surface area contributed by atoms with Crippen LogP contribution in [0, 0.1) is 10.1 Å². The molecule has 1 aromatic rings. The summed E-state index contributed by atoms with van der Waals surface area (Å²) in [5.41, 5.74) is -0.108. The molecule has 0 unspecified atom stereocenters. The predicted molar refractivity (Wildman–Crippen MR) is 77.1 cm³/mol. The molecule has 1 aromatic heterocycles. The highest BCUT2D eigenvalue weighted by Gasteiger charge is 2.16. The number of nitro groups is 1.